The minimum Gasteiger partial charge on any atom is -0.497 e. The number of hydrogen-bond acceptors (Lipinski definition) is 1. The molecule has 0 bridgehead atoms. The highest BCUT2D eigenvalue weighted by molar-refractivity contribution is 9.09. The van der Waals surface area contributed by atoms with Gasteiger partial charge in [0.1, 0.15) is 6.61 Å². The van der Waals surface area contributed by atoms with Gasteiger partial charge in [0.15, 0.2) is 0 Å². The molecular formula is C14H18Br2O. The molecule has 0 saturated heterocycles. The maximum atomic E-state index is 5.63. The highest BCUT2D eigenvalue weighted by Gasteiger charge is 1.97. The average Bonchev–Trinajstić information content (AvgIpc) is 2.37. The molecule has 1 nitrogen and oxygen atoms in total. The highest BCUT2D eigenvalue weighted by atomic mass is 79.9. The molecule has 0 aliphatic heterocycles. The smallest absolute Gasteiger partial charge is 0.112 e. The van der Waals surface area contributed by atoms with Crippen molar-refractivity contribution in [1.29, 1.82) is 0 Å². The predicted molar refractivity (Wildman–Crippen MR) is 80.8 cm³/mol. The second-order valence-corrected chi connectivity index (χ2v) is 5.39. The number of hydrogen-bond donors (Lipinski definition) is 0. The summed E-state index contributed by atoms with van der Waals surface area (Å²) in [5, 5.41) is 2.04. The van der Waals surface area contributed by atoms with Gasteiger partial charge in [-0.15, -0.1) is 0 Å². The molecule has 1 aromatic carbocycles. The zero-order valence-corrected chi connectivity index (χ0v) is 13.0. The molecule has 0 amide bonds. The van der Waals surface area contributed by atoms with E-state index < -0.39 is 0 Å². The number of ether oxygens (including phenoxy) is 1. The van der Waals surface area contributed by atoms with Gasteiger partial charge in [-0.25, -0.2) is 0 Å². The average molecular weight is 362 g/mol. The van der Waals surface area contributed by atoms with E-state index in [9.17, 15) is 0 Å². The van der Waals surface area contributed by atoms with Gasteiger partial charge in [0.25, 0.3) is 0 Å². The van der Waals surface area contributed by atoms with E-state index in [1.54, 1.807) is 0 Å². The van der Waals surface area contributed by atoms with E-state index in [1.807, 2.05) is 24.5 Å². The fourth-order valence-corrected chi connectivity index (χ4v) is 2.28. The van der Waals surface area contributed by atoms with Crippen molar-refractivity contribution in [3.05, 3.63) is 47.7 Å². The van der Waals surface area contributed by atoms with Crippen molar-refractivity contribution in [1.82, 2.24) is 0 Å². The lowest BCUT2D eigenvalue weighted by Gasteiger charge is -2.06. The third-order valence-electron chi connectivity index (χ3n) is 2.39. The van der Waals surface area contributed by atoms with Gasteiger partial charge in [0.2, 0.25) is 0 Å². The first-order chi connectivity index (χ1) is 8.36. The van der Waals surface area contributed by atoms with Crippen LogP contribution in [0.3, 0.4) is 0 Å². The van der Waals surface area contributed by atoms with Crippen molar-refractivity contribution in [3.63, 3.8) is 0 Å². The molecule has 0 saturated carbocycles. The molecule has 0 aliphatic carbocycles. The lowest BCUT2D eigenvalue weighted by atomic mass is 10.1. The quantitative estimate of drug-likeness (QED) is 0.465. The molecule has 0 aliphatic rings. The number of alkyl halides is 2. The van der Waals surface area contributed by atoms with Crippen LogP contribution in [0.4, 0.5) is 0 Å². The van der Waals surface area contributed by atoms with Crippen LogP contribution in [-0.4, -0.2) is 10.7 Å². The molecular weight excluding hydrogens is 344 g/mol. The fraction of sp³-hybridized carbons (Fsp3) is 0.429. The normalized spacial score (nSPS) is 11.5. The molecule has 1 aromatic rings. The second-order valence-electron chi connectivity index (χ2n) is 3.80. The van der Waals surface area contributed by atoms with Gasteiger partial charge >= 0.3 is 0 Å². The number of benzene rings is 1. The van der Waals surface area contributed by atoms with Crippen LogP contribution in [0, 0.1) is 0 Å². The van der Waals surface area contributed by atoms with Crippen LogP contribution in [0.15, 0.2) is 42.2 Å². The summed E-state index contributed by atoms with van der Waals surface area (Å²) in [5.74, 6) is 0. The van der Waals surface area contributed by atoms with E-state index in [2.05, 4.69) is 44.0 Å². The molecule has 0 atom stereocenters. The minimum absolute atomic E-state index is 0.654. The molecule has 0 aromatic heterocycles. The molecule has 0 radical (unpaired) electrons. The molecule has 17 heavy (non-hydrogen) atoms. The molecule has 0 heterocycles. The monoisotopic (exact) mass is 360 g/mol. The first-order valence-electron chi connectivity index (χ1n) is 5.82. The van der Waals surface area contributed by atoms with E-state index in [-0.39, 0.29) is 0 Å². The van der Waals surface area contributed by atoms with Gasteiger partial charge in [-0.3, -0.25) is 0 Å². The maximum Gasteiger partial charge on any atom is 0.112 e. The zero-order chi connectivity index (χ0) is 12.3. The van der Waals surface area contributed by atoms with E-state index in [0.29, 0.717) is 6.61 Å². The molecule has 0 N–H and O–H groups in total. The Labute approximate surface area is 121 Å². The summed E-state index contributed by atoms with van der Waals surface area (Å²) in [6, 6.07) is 10.2. The van der Waals surface area contributed by atoms with E-state index in [4.69, 9.17) is 4.74 Å². The lowest BCUT2D eigenvalue weighted by molar-refractivity contribution is 0.232. The van der Waals surface area contributed by atoms with Crippen molar-refractivity contribution < 1.29 is 4.74 Å². The molecule has 0 unspecified atom stereocenters. The van der Waals surface area contributed by atoms with Crippen molar-refractivity contribution in [3.8, 4) is 0 Å². The van der Waals surface area contributed by atoms with E-state index >= 15 is 0 Å². The van der Waals surface area contributed by atoms with Crippen LogP contribution in [0.5, 0.6) is 0 Å². The van der Waals surface area contributed by atoms with Crippen LogP contribution in [0.1, 0.15) is 24.8 Å². The van der Waals surface area contributed by atoms with Crippen LogP contribution < -0.4 is 0 Å². The Bertz CT molecular complexity index is 322. The van der Waals surface area contributed by atoms with E-state index in [0.717, 1.165) is 29.9 Å². The summed E-state index contributed by atoms with van der Waals surface area (Å²) >= 11 is 6.92. The van der Waals surface area contributed by atoms with Crippen LogP contribution in [0.25, 0.3) is 0 Å². The summed E-state index contributed by atoms with van der Waals surface area (Å²) < 4.78 is 5.63. The van der Waals surface area contributed by atoms with Gasteiger partial charge in [0, 0.05) is 10.7 Å². The van der Waals surface area contributed by atoms with Crippen molar-refractivity contribution in [2.24, 2.45) is 0 Å². The van der Waals surface area contributed by atoms with Crippen LogP contribution in [0.2, 0.25) is 0 Å². The molecule has 1 rings (SSSR count). The zero-order valence-electron chi connectivity index (χ0n) is 9.87. The van der Waals surface area contributed by atoms with Gasteiger partial charge in [-0.2, -0.15) is 0 Å². The summed E-state index contributed by atoms with van der Waals surface area (Å²) in [6.07, 6.45) is 5.25. The molecule has 0 fully saturated rings. The topological polar surface area (TPSA) is 9.23 Å². The Balaban J connectivity index is 2.37. The van der Waals surface area contributed by atoms with Gasteiger partial charge in [-0.1, -0.05) is 62.2 Å². The molecule has 0 spiro atoms. The van der Waals surface area contributed by atoms with Crippen molar-refractivity contribution >= 4 is 31.9 Å². The number of allylic oxidation sites excluding steroid dienone is 1. The number of halogens is 2. The largest absolute Gasteiger partial charge is 0.497 e. The van der Waals surface area contributed by atoms with E-state index in [1.165, 1.54) is 11.1 Å². The van der Waals surface area contributed by atoms with Gasteiger partial charge < -0.3 is 4.74 Å². The highest BCUT2D eigenvalue weighted by Crippen LogP contribution is 2.13. The second kappa shape index (κ2) is 9.72. The fourth-order valence-electron chi connectivity index (χ4n) is 1.49. The SMILES string of the molecule is BrCCC/C(=C/OCc1ccccc1)CCBr. The van der Waals surface area contributed by atoms with Crippen LogP contribution >= 0.6 is 31.9 Å². The Morgan fingerprint density at radius 1 is 1.06 bits per heavy atom. The summed E-state index contributed by atoms with van der Waals surface area (Å²) in [4.78, 5) is 0. The predicted octanol–water partition coefficient (Wildman–Crippen LogP) is 5.05. The van der Waals surface area contributed by atoms with Crippen molar-refractivity contribution in [2.45, 2.75) is 25.9 Å². The molecule has 94 valence electrons. The maximum absolute atomic E-state index is 5.63. The molecule has 3 heteroatoms. The number of rotatable bonds is 8. The summed E-state index contributed by atoms with van der Waals surface area (Å²) in [6.45, 7) is 0.654. The first kappa shape index (κ1) is 14.8. The standard InChI is InChI=1S/C14H18Br2O/c15-9-4-7-14(8-10-16)12-17-11-13-5-2-1-3-6-13/h1-3,5-6,12H,4,7-11H2/b14-12-. The third-order valence-corrected chi connectivity index (χ3v) is 3.35. The van der Waals surface area contributed by atoms with Crippen molar-refractivity contribution in [2.75, 3.05) is 10.7 Å². The Morgan fingerprint density at radius 3 is 2.47 bits per heavy atom. The Hall–Kier alpha value is -0.280. The summed E-state index contributed by atoms with van der Waals surface area (Å²) in [7, 11) is 0. The third kappa shape index (κ3) is 6.89. The first-order valence-corrected chi connectivity index (χ1v) is 8.06. The van der Waals surface area contributed by atoms with Gasteiger partial charge in [0.05, 0.1) is 6.26 Å². The Kier molecular flexibility index (Phi) is 8.45. The van der Waals surface area contributed by atoms with Crippen LogP contribution in [-0.2, 0) is 11.3 Å². The summed E-state index contributed by atoms with van der Waals surface area (Å²) in [5.41, 5.74) is 2.58. The lowest BCUT2D eigenvalue weighted by Crippen LogP contribution is -1.91. The Morgan fingerprint density at radius 2 is 1.82 bits per heavy atom. The minimum atomic E-state index is 0.654. The van der Waals surface area contributed by atoms with Gasteiger partial charge in [-0.05, 0) is 30.4 Å².